The van der Waals surface area contributed by atoms with Crippen molar-refractivity contribution in [1.29, 1.82) is 0 Å². The molecule has 0 fully saturated rings. The van der Waals surface area contributed by atoms with E-state index in [1.807, 2.05) is 13.0 Å². The van der Waals surface area contributed by atoms with Crippen LogP contribution in [-0.2, 0) is 0 Å². The molecule has 2 aromatic heterocycles. The summed E-state index contributed by atoms with van der Waals surface area (Å²) in [6, 6.07) is 6.21. The van der Waals surface area contributed by atoms with E-state index < -0.39 is 5.82 Å². The van der Waals surface area contributed by atoms with Gasteiger partial charge in [0.25, 0.3) is 0 Å². The van der Waals surface area contributed by atoms with Gasteiger partial charge in [0.05, 0.1) is 10.9 Å². The number of halogens is 2. The second-order valence-corrected chi connectivity index (χ2v) is 5.91. The lowest BCUT2D eigenvalue weighted by atomic mass is 10.2. The van der Waals surface area contributed by atoms with E-state index in [-0.39, 0.29) is 11.4 Å². The van der Waals surface area contributed by atoms with Crippen LogP contribution >= 0.6 is 22.9 Å². The monoisotopic (exact) mass is 308 g/mol. The summed E-state index contributed by atoms with van der Waals surface area (Å²) in [4.78, 5) is 10.5. The molecule has 3 N–H and O–H groups in total. The van der Waals surface area contributed by atoms with Crippen molar-refractivity contribution < 1.29 is 4.39 Å². The molecule has 0 amide bonds. The Labute approximate surface area is 123 Å². The maximum Gasteiger partial charge on any atom is 0.166 e. The molecule has 0 bridgehead atoms. The van der Waals surface area contributed by atoms with Gasteiger partial charge in [0, 0.05) is 9.90 Å². The number of aryl methyl sites for hydroxylation is 1. The van der Waals surface area contributed by atoms with E-state index in [0.29, 0.717) is 10.8 Å². The van der Waals surface area contributed by atoms with Crippen molar-refractivity contribution in [2.75, 3.05) is 5.43 Å². The minimum Gasteiger partial charge on any atom is -0.308 e. The number of hydrogen-bond acceptors (Lipinski definition) is 5. The number of aromatic nitrogens is 2. The largest absolute Gasteiger partial charge is 0.308 e. The van der Waals surface area contributed by atoms with Crippen LogP contribution in [0.25, 0.3) is 21.6 Å². The fraction of sp³-hybridized carbons (Fsp3) is 0.0769. The Hall–Kier alpha value is -1.76. The van der Waals surface area contributed by atoms with Crippen LogP contribution in [0.1, 0.15) is 4.88 Å². The summed E-state index contributed by atoms with van der Waals surface area (Å²) in [5.74, 6) is 5.78. The molecule has 0 radical (unpaired) electrons. The Morgan fingerprint density at radius 3 is 2.85 bits per heavy atom. The molecular weight excluding hydrogens is 299 g/mol. The fourth-order valence-electron chi connectivity index (χ4n) is 1.94. The molecule has 0 aliphatic heterocycles. The third-order valence-electron chi connectivity index (χ3n) is 2.82. The number of anilines is 1. The van der Waals surface area contributed by atoms with Gasteiger partial charge in [-0.3, -0.25) is 0 Å². The highest BCUT2D eigenvalue weighted by atomic mass is 35.5. The Bertz CT molecular complexity index is 802. The fourth-order valence-corrected chi connectivity index (χ4v) is 2.99. The number of nitrogen functional groups attached to an aromatic ring is 1. The maximum atomic E-state index is 13.9. The highest BCUT2D eigenvalue weighted by molar-refractivity contribution is 7.18. The van der Waals surface area contributed by atoms with Crippen molar-refractivity contribution in [1.82, 2.24) is 9.97 Å². The van der Waals surface area contributed by atoms with Crippen molar-refractivity contribution in [2.24, 2.45) is 5.84 Å². The van der Waals surface area contributed by atoms with Crippen molar-refractivity contribution in [3.63, 3.8) is 0 Å². The molecule has 0 atom stereocenters. The van der Waals surface area contributed by atoms with Gasteiger partial charge in [0.15, 0.2) is 11.6 Å². The molecule has 4 nitrogen and oxygen atoms in total. The quantitative estimate of drug-likeness (QED) is 0.559. The predicted molar refractivity (Wildman–Crippen MR) is 80.4 cm³/mol. The van der Waals surface area contributed by atoms with Gasteiger partial charge in [0.1, 0.15) is 10.6 Å². The third kappa shape index (κ3) is 2.22. The summed E-state index contributed by atoms with van der Waals surface area (Å²) in [7, 11) is 0. The number of nitrogens with one attached hydrogen (secondary N) is 1. The highest BCUT2D eigenvalue weighted by Crippen LogP contribution is 2.32. The molecule has 0 saturated heterocycles. The van der Waals surface area contributed by atoms with Gasteiger partial charge in [-0.1, -0.05) is 11.6 Å². The number of rotatable bonds is 2. The first-order valence-electron chi connectivity index (χ1n) is 5.78. The highest BCUT2D eigenvalue weighted by Gasteiger charge is 2.14. The van der Waals surface area contributed by atoms with E-state index in [4.69, 9.17) is 17.4 Å². The minimum atomic E-state index is -0.426. The molecule has 3 aromatic rings. The normalized spacial score (nSPS) is 11.0. The molecular formula is C13H10ClFN4S. The molecule has 1 aromatic carbocycles. The van der Waals surface area contributed by atoms with E-state index in [1.165, 1.54) is 29.5 Å². The summed E-state index contributed by atoms with van der Waals surface area (Å²) >= 11 is 7.40. The van der Waals surface area contributed by atoms with E-state index in [9.17, 15) is 4.39 Å². The molecule has 102 valence electrons. The second kappa shape index (κ2) is 4.97. The van der Waals surface area contributed by atoms with Crippen LogP contribution in [0.4, 0.5) is 10.2 Å². The first kappa shape index (κ1) is 13.2. The van der Waals surface area contributed by atoms with Crippen molar-refractivity contribution in [3.8, 4) is 11.4 Å². The number of hydrogen-bond donors (Lipinski definition) is 2. The van der Waals surface area contributed by atoms with Gasteiger partial charge in [-0.05, 0) is 31.2 Å². The zero-order chi connectivity index (χ0) is 14.3. The Morgan fingerprint density at radius 1 is 1.30 bits per heavy atom. The standard InChI is InChI=1S/C13H10ClFN4S/c1-6-4-9-12(19-16)17-11(18-13(9)20-6)8-5-7(14)2-3-10(8)15/h2-5H,16H2,1H3,(H,17,18,19). The lowest BCUT2D eigenvalue weighted by Crippen LogP contribution is -2.10. The van der Waals surface area contributed by atoms with Crippen LogP contribution in [-0.4, -0.2) is 9.97 Å². The summed E-state index contributed by atoms with van der Waals surface area (Å²) in [5, 5.41) is 1.25. The summed E-state index contributed by atoms with van der Waals surface area (Å²) in [6.07, 6.45) is 0. The lowest BCUT2D eigenvalue weighted by Gasteiger charge is -2.06. The van der Waals surface area contributed by atoms with Crippen LogP contribution in [0.15, 0.2) is 24.3 Å². The number of benzene rings is 1. The van der Waals surface area contributed by atoms with Gasteiger partial charge >= 0.3 is 0 Å². The predicted octanol–water partition coefficient (Wildman–Crippen LogP) is 3.74. The van der Waals surface area contributed by atoms with E-state index >= 15 is 0 Å². The molecule has 20 heavy (non-hydrogen) atoms. The molecule has 2 heterocycles. The number of hydrazine groups is 1. The molecule has 0 unspecified atom stereocenters. The average molecular weight is 309 g/mol. The number of thiophene rings is 1. The van der Waals surface area contributed by atoms with Crippen molar-refractivity contribution in [2.45, 2.75) is 6.92 Å². The summed E-state index contributed by atoms with van der Waals surface area (Å²) in [6.45, 7) is 1.96. The molecule has 0 saturated carbocycles. The van der Waals surface area contributed by atoms with E-state index in [1.54, 1.807) is 0 Å². The molecule has 3 rings (SSSR count). The lowest BCUT2D eigenvalue weighted by molar-refractivity contribution is 0.630. The van der Waals surface area contributed by atoms with Crippen molar-refractivity contribution >= 4 is 39.0 Å². The smallest absolute Gasteiger partial charge is 0.166 e. The van der Waals surface area contributed by atoms with Crippen molar-refractivity contribution in [3.05, 3.63) is 40.0 Å². The topological polar surface area (TPSA) is 63.8 Å². The van der Waals surface area contributed by atoms with Gasteiger partial charge in [-0.15, -0.1) is 11.3 Å². The number of nitrogens with two attached hydrogens (primary N) is 1. The van der Waals surface area contributed by atoms with Crippen LogP contribution in [0.2, 0.25) is 5.02 Å². The zero-order valence-electron chi connectivity index (χ0n) is 10.4. The number of nitrogens with zero attached hydrogens (tertiary/aromatic N) is 2. The van der Waals surface area contributed by atoms with E-state index in [2.05, 4.69) is 15.4 Å². The first-order chi connectivity index (χ1) is 9.58. The van der Waals surface area contributed by atoms with E-state index in [0.717, 1.165) is 15.1 Å². The first-order valence-corrected chi connectivity index (χ1v) is 6.98. The second-order valence-electron chi connectivity index (χ2n) is 4.24. The SMILES string of the molecule is Cc1cc2c(NN)nc(-c3cc(Cl)ccc3F)nc2s1. The van der Waals surface area contributed by atoms with Gasteiger partial charge in [-0.2, -0.15) is 0 Å². The molecule has 0 spiro atoms. The van der Waals surface area contributed by atoms with Gasteiger partial charge in [0.2, 0.25) is 0 Å². The Kier molecular flexibility index (Phi) is 3.29. The maximum absolute atomic E-state index is 13.9. The van der Waals surface area contributed by atoms with Crippen LogP contribution < -0.4 is 11.3 Å². The van der Waals surface area contributed by atoms with Gasteiger partial charge in [-0.25, -0.2) is 20.2 Å². The molecule has 0 aliphatic carbocycles. The Balaban J connectivity index is 2.28. The zero-order valence-corrected chi connectivity index (χ0v) is 12.0. The summed E-state index contributed by atoms with van der Waals surface area (Å²) in [5.41, 5.74) is 2.78. The average Bonchev–Trinajstić information content (AvgIpc) is 2.80. The van der Waals surface area contributed by atoms with Crippen LogP contribution in [0.5, 0.6) is 0 Å². The molecule has 0 aliphatic rings. The number of fused-ring (bicyclic) bond motifs is 1. The van der Waals surface area contributed by atoms with Crippen LogP contribution in [0.3, 0.4) is 0 Å². The van der Waals surface area contributed by atoms with Crippen LogP contribution in [0, 0.1) is 12.7 Å². The molecule has 7 heteroatoms. The summed E-state index contributed by atoms with van der Waals surface area (Å²) < 4.78 is 13.9. The minimum absolute atomic E-state index is 0.252. The van der Waals surface area contributed by atoms with Gasteiger partial charge < -0.3 is 5.43 Å². The Morgan fingerprint density at radius 2 is 2.10 bits per heavy atom. The third-order valence-corrected chi connectivity index (χ3v) is 4.00.